The number of hydrogen-bond donors (Lipinski definition) is 2. The fourth-order valence-electron chi connectivity index (χ4n) is 0.968. The summed E-state index contributed by atoms with van der Waals surface area (Å²) in [6, 6.07) is 2.84. The molecule has 0 aliphatic rings. The van der Waals surface area contributed by atoms with Gasteiger partial charge in [0.2, 0.25) is 10.0 Å². The Morgan fingerprint density at radius 1 is 1.43 bits per heavy atom. The van der Waals surface area contributed by atoms with E-state index in [1.165, 1.54) is 18.3 Å². The second kappa shape index (κ2) is 3.93. The fraction of sp³-hybridized carbons (Fsp3) is 0.375. The highest BCUT2D eigenvalue weighted by Crippen LogP contribution is 2.06. The van der Waals surface area contributed by atoms with E-state index in [4.69, 9.17) is 5.73 Å². The number of rotatable bonds is 3. The van der Waals surface area contributed by atoms with Gasteiger partial charge in [0.05, 0.1) is 0 Å². The molecule has 5 nitrogen and oxygen atoms in total. The van der Waals surface area contributed by atoms with Crippen molar-refractivity contribution in [2.45, 2.75) is 24.8 Å². The standard InChI is InChI=1S/C8H13N3O2S/c1-6(2)11-14(12,13)7-3-4-8(9)10-5-7/h3-6,11H,1-2H3,(H2,9,10)/p+1. The van der Waals surface area contributed by atoms with Gasteiger partial charge < -0.3 is 0 Å². The predicted octanol–water partition coefficient (Wildman–Crippen LogP) is -0.230. The minimum Gasteiger partial charge on any atom is -0.287 e. The van der Waals surface area contributed by atoms with Crippen molar-refractivity contribution in [3.8, 4) is 0 Å². The first-order valence-corrected chi connectivity index (χ1v) is 5.69. The topological polar surface area (TPSA) is 86.3 Å². The van der Waals surface area contributed by atoms with Crippen LogP contribution >= 0.6 is 0 Å². The van der Waals surface area contributed by atoms with E-state index in [1.807, 2.05) is 0 Å². The summed E-state index contributed by atoms with van der Waals surface area (Å²) in [6.45, 7) is 3.52. The van der Waals surface area contributed by atoms with Gasteiger partial charge >= 0.3 is 0 Å². The summed E-state index contributed by atoms with van der Waals surface area (Å²) in [4.78, 5) is 2.82. The summed E-state index contributed by atoms with van der Waals surface area (Å²) in [5.41, 5.74) is 5.40. The monoisotopic (exact) mass is 216 g/mol. The van der Waals surface area contributed by atoms with Crippen LogP contribution in [0.3, 0.4) is 0 Å². The number of aromatic amines is 1. The molecule has 1 rings (SSSR count). The van der Waals surface area contributed by atoms with Gasteiger partial charge in [0.15, 0.2) is 0 Å². The number of anilines is 1. The van der Waals surface area contributed by atoms with Crippen LogP contribution in [0, 0.1) is 0 Å². The van der Waals surface area contributed by atoms with Gasteiger partial charge in [0.1, 0.15) is 11.1 Å². The van der Waals surface area contributed by atoms with Crippen molar-refractivity contribution in [2.75, 3.05) is 5.73 Å². The lowest BCUT2D eigenvalue weighted by Gasteiger charge is -2.07. The highest BCUT2D eigenvalue weighted by Gasteiger charge is 2.16. The maximum atomic E-state index is 11.6. The second-order valence-electron chi connectivity index (χ2n) is 3.26. The maximum Gasteiger partial charge on any atom is 0.270 e. The Kier molecular flexibility index (Phi) is 3.07. The zero-order valence-electron chi connectivity index (χ0n) is 8.11. The zero-order valence-corrected chi connectivity index (χ0v) is 8.93. The lowest BCUT2D eigenvalue weighted by Crippen LogP contribution is -2.31. The first-order chi connectivity index (χ1) is 6.42. The molecule has 0 unspecified atom stereocenters. The van der Waals surface area contributed by atoms with Crippen LogP contribution in [0.5, 0.6) is 0 Å². The van der Waals surface area contributed by atoms with Crippen LogP contribution in [-0.2, 0) is 10.0 Å². The number of aromatic nitrogens is 1. The SMILES string of the molecule is CC(C)NS(=O)(=O)c1ccc(N)[nH+]c1. The summed E-state index contributed by atoms with van der Waals surface area (Å²) in [6.07, 6.45) is 1.36. The van der Waals surface area contributed by atoms with E-state index in [0.29, 0.717) is 5.82 Å². The van der Waals surface area contributed by atoms with Crippen molar-refractivity contribution in [2.24, 2.45) is 0 Å². The van der Waals surface area contributed by atoms with Crippen molar-refractivity contribution in [3.63, 3.8) is 0 Å². The van der Waals surface area contributed by atoms with E-state index >= 15 is 0 Å². The average Bonchev–Trinajstić information content (AvgIpc) is 2.02. The summed E-state index contributed by atoms with van der Waals surface area (Å²) in [5, 5.41) is 0. The Bertz CT molecular complexity index is 397. The Morgan fingerprint density at radius 2 is 2.07 bits per heavy atom. The number of nitrogen functional groups attached to an aromatic ring is 1. The molecule has 6 heteroatoms. The smallest absolute Gasteiger partial charge is 0.270 e. The van der Waals surface area contributed by atoms with Gasteiger partial charge in [-0.25, -0.2) is 18.1 Å². The third-order valence-electron chi connectivity index (χ3n) is 1.51. The molecule has 0 aromatic carbocycles. The molecule has 1 aromatic rings. The van der Waals surface area contributed by atoms with Crippen LogP contribution in [0.25, 0.3) is 0 Å². The highest BCUT2D eigenvalue weighted by atomic mass is 32.2. The largest absolute Gasteiger partial charge is 0.287 e. The van der Waals surface area contributed by atoms with Gasteiger partial charge in [-0.15, -0.1) is 0 Å². The van der Waals surface area contributed by atoms with Gasteiger partial charge in [0.25, 0.3) is 5.82 Å². The lowest BCUT2D eigenvalue weighted by molar-refractivity contribution is -0.363. The van der Waals surface area contributed by atoms with E-state index in [1.54, 1.807) is 13.8 Å². The first-order valence-electron chi connectivity index (χ1n) is 4.21. The van der Waals surface area contributed by atoms with Crippen molar-refractivity contribution in [1.29, 1.82) is 0 Å². The summed E-state index contributed by atoms with van der Waals surface area (Å²) in [5.74, 6) is 0.425. The fourth-order valence-corrected chi connectivity index (χ4v) is 2.19. The van der Waals surface area contributed by atoms with Gasteiger partial charge in [-0.1, -0.05) is 0 Å². The Labute approximate surface area is 83.4 Å². The van der Waals surface area contributed by atoms with E-state index < -0.39 is 10.0 Å². The molecular weight excluding hydrogens is 202 g/mol. The molecule has 0 radical (unpaired) electrons. The second-order valence-corrected chi connectivity index (χ2v) is 4.97. The molecule has 0 aliphatic carbocycles. The van der Waals surface area contributed by atoms with E-state index in [-0.39, 0.29) is 10.9 Å². The van der Waals surface area contributed by atoms with Crippen LogP contribution in [0.2, 0.25) is 0 Å². The Hall–Kier alpha value is -1.14. The van der Waals surface area contributed by atoms with Crippen LogP contribution in [0.4, 0.5) is 5.82 Å². The Balaban J connectivity index is 2.99. The van der Waals surface area contributed by atoms with Crippen LogP contribution in [-0.4, -0.2) is 14.5 Å². The molecule has 0 saturated heterocycles. The first kappa shape index (κ1) is 10.9. The van der Waals surface area contributed by atoms with E-state index in [0.717, 1.165) is 0 Å². The molecule has 1 aromatic heterocycles. The third-order valence-corrected chi connectivity index (χ3v) is 3.17. The summed E-state index contributed by atoms with van der Waals surface area (Å²) < 4.78 is 25.6. The number of pyridine rings is 1. The molecule has 0 fully saturated rings. The minimum absolute atomic E-state index is 0.127. The maximum absolute atomic E-state index is 11.6. The summed E-state index contributed by atoms with van der Waals surface area (Å²) >= 11 is 0. The molecule has 4 N–H and O–H groups in total. The van der Waals surface area contributed by atoms with E-state index in [2.05, 4.69) is 9.71 Å². The van der Waals surface area contributed by atoms with Crippen molar-refractivity contribution in [3.05, 3.63) is 18.3 Å². The number of hydrogen-bond acceptors (Lipinski definition) is 3. The van der Waals surface area contributed by atoms with Crippen molar-refractivity contribution < 1.29 is 13.4 Å². The van der Waals surface area contributed by atoms with Gasteiger partial charge in [-0.05, 0) is 19.9 Å². The van der Waals surface area contributed by atoms with Crippen molar-refractivity contribution in [1.82, 2.24) is 4.72 Å². The van der Waals surface area contributed by atoms with Crippen LogP contribution < -0.4 is 15.4 Å². The van der Waals surface area contributed by atoms with Crippen LogP contribution in [0.15, 0.2) is 23.2 Å². The van der Waals surface area contributed by atoms with Crippen LogP contribution in [0.1, 0.15) is 13.8 Å². The van der Waals surface area contributed by atoms with Crippen molar-refractivity contribution >= 4 is 15.8 Å². The lowest BCUT2D eigenvalue weighted by atomic mass is 10.4. The number of nitrogens with one attached hydrogen (secondary N) is 2. The third kappa shape index (κ3) is 2.68. The minimum atomic E-state index is -3.41. The van der Waals surface area contributed by atoms with Gasteiger partial charge in [-0.2, -0.15) is 0 Å². The molecular formula is C8H14N3O2S+. The number of sulfonamides is 1. The molecule has 78 valence electrons. The average molecular weight is 216 g/mol. The quantitative estimate of drug-likeness (QED) is 0.731. The predicted molar refractivity (Wildman–Crippen MR) is 52.9 cm³/mol. The highest BCUT2D eigenvalue weighted by molar-refractivity contribution is 7.89. The summed E-state index contributed by atoms with van der Waals surface area (Å²) in [7, 11) is -3.41. The zero-order chi connectivity index (χ0) is 10.8. The van der Waals surface area contributed by atoms with Gasteiger partial charge in [0, 0.05) is 12.1 Å². The molecule has 0 bridgehead atoms. The molecule has 0 aliphatic heterocycles. The number of H-pyrrole nitrogens is 1. The number of nitrogens with two attached hydrogens (primary N) is 1. The molecule has 0 amide bonds. The molecule has 0 atom stereocenters. The molecule has 0 spiro atoms. The Morgan fingerprint density at radius 3 is 2.50 bits per heavy atom. The van der Waals surface area contributed by atoms with E-state index in [9.17, 15) is 8.42 Å². The molecule has 1 heterocycles. The molecule has 14 heavy (non-hydrogen) atoms. The molecule has 0 saturated carbocycles. The van der Waals surface area contributed by atoms with Gasteiger partial charge in [-0.3, -0.25) is 5.73 Å². The normalized spacial score (nSPS) is 11.9.